The maximum Gasteiger partial charge on any atom is 0.253 e. The molecule has 2 N–H and O–H groups in total. The molecule has 1 aliphatic rings. The van der Waals surface area contributed by atoms with Gasteiger partial charge in [0.05, 0.1) is 18.1 Å². The monoisotopic (exact) mass is 276 g/mol. The van der Waals surface area contributed by atoms with Gasteiger partial charge in [-0.25, -0.2) is 4.39 Å². The zero-order valence-corrected chi connectivity index (χ0v) is 11.3. The highest BCUT2D eigenvalue weighted by Crippen LogP contribution is 2.20. The Morgan fingerprint density at radius 2 is 2.45 bits per heavy atom. The van der Waals surface area contributed by atoms with Crippen LogP contribution in [0.5, 0.6) is 0 Å². The first-order valence-corrected chi connectivity index (χ1v) is 6.52. The number of carbonyl (C=O) groups is 1. The highest BCUT2D eigenvalue weighted by Gasteiger charge is 2.20. The third-order valence-electron chi connectivity index (χ3n) is 3.38. The molecule has 0 aromatic heterocycles. The van der Waals surface area contributed by atoms with Crippen LogP contribution >= 0.6 is 0 Å². The van der Waals surface area contributed by atoms with E-state index < -0.39 is 11.7 Å². The highest BCUT2D eigenvalue weighted by molar-refractivity contribution is 5.94. The summed E-state index contributed by atoms with van der Waals surface area (Å²) in [5, 5.41) is 14.4. The van der Waals surface area contributed by atoms with Crippen molar-refractivity contribution in [2.75, 3.05) is 31.6 Å². The topological polar surface area (TPSA) is 68.2 Å². The zero-order valence-electron chi connectivity index (χ0n) is 11.3. The maximum absolute atomic E-state index is 13.9. The summed E-state index contributed by atoms with van der Waals surface area (Å²) in [7, 11) is 1.47. The second-order valence-electron chi connectivity index (χ2n) is 4.70. The molecular formula is C14H17FN4O. The Balaban J connectivity index is 2.15. The van der Waals surface area contributed by atoms with Crippen molar-refractivity contribution in [1.82, 2.24) is 10.6 Å². The minimum atomic E-state index is -0.530. The molecule has 1 aliphatic heterocycles. The Morgan fingerprint density at radius 1 is 1.65 bits per heavy atom. The van der Waals surface area contributed by atoms with Gasteiger partial charge in [0, 0.05) is 38.4 Å². The first kappa shape index (κ1) is 14.3. The Labute approximate surface area is 117 Å². The molecule has 0 bridgehead atoms. The van der Waals surface area contributed by atoms with Crippen molar-refractivity contribution in [2.45, 2.75) is 12.5 Å². The molecule has 0 spiro atoms. The van der Waals surface area contributed by atoms with Crippen molar-refractivity contribution < 1.29 is 9.18 Å². The molecule has 20 heavy (non-hydrogen) atoms. The van der Waals surface area contributed by atoms with Crippen molar-refractivity contribution in [3.63, 3.8) is 0 Å². The number of halogens is 1. The lowest BCUT2D eigenvalue weighted by atomic mass is 10.1. The van der Waals surface area contributed by atoms with Gasteiger partial charge in [-0.05, 0) is 18.2 Å². The summed E-state index contributed by atoms with van der Waals surface area (Å²) in [5.41, 5.74) is 0.777. The number of carbonyl (C=O) groups excluding carboxylic acids is 1. The van der Waals surface area contributed by atoms with E-state index in [-0.39, 0.29) is 11.6 Å². The third-order valence-corrected chi connectivity index (χ3v) is 3.38. The van der Waals surface area contributed by atoms with E-state index in [1.165, 1.54) is 19.2 Å². The van der Waals surface area contributed by atoms with Crippen molar-refractivity contribution in [2.24, 2.45) is 0 Å². The van der Waals surface area contributed by atoms with E-state index >= 15 is 0 Å². The largest absolute Gasteiger partial charge is 0.369 e. The number of piperazine rings is 1. The van der Waals surface area contributed by atoms with Crippen molar-refractivity contribution >= 4 is 11.6 Å². The lowest BCUT2D eigenvalue weighted by Crippen LogP contribution is -2.50. The lowest BCUT2D eigenvalue weighted by Gasteiger charge is -2.34. The van der Waals surface area contributed by atoms with E-state index in [0.717, 1.165) is 18.8 Å². The first-order chi connectivity index (χ1) is 9.65. The van der Waals surface area contributed by atoms with Gasteiger partial charge in [-0.1, -0.05) is 0 Å². The van der Waals surface area contributed by atoms with E-state index in [1.54, 1.807) is 6.07 Å². The number of benzene rings is 1. The molecule has 1 saturated heterocycles. The Hall–Kier alpha value is -2.13. The summed E-state index contributed by atoms with van der Waals surface area (Å²) < 4.78 is 13.9. The van der Waals surface area contributed by atoms with Crippen LogP contribution in [0.15, 0.2) is 18.2 Å². The number of amides is 1. The molecule has 0 aliphatic carbocycles. The van der Waals surface area contributed by atoms with Gasteiger partial charge in [0.15, 0.2) is 0 Å². The quantitative estimate of drug-likeness (QED) is 0.860. The average Bonchev–Trinajstić information content (AvgIpc) is 2.47. The van der Waals surface area contributed by atoms with Gasteiger partial charge in [-0.3, -0.25) is 4.79 Å². The summed E-state index contributed by atoms with van der Waals surface area (Å²) in [6, 6.07) is 6.83. The fraction of sp³-hybridized carbons (Fsp3) is 0.429. The molecule has 1 unspecified atom stereocenters. The molecule has 0 saturated carbocycles. The van der Waals surface area contributed by atoms with Crippen LogP contribution in [0.3, 0.4) is 0 Å². The SMILES string of the molecule is CNC(=O)c1ccc(N2CCNC(CC#N)C2)cc1F. The van der Waals surface area contributed by atoms with Crippen LogP contribution in [-0.4, -0.2) is 38.6 Å². The summed E-state index contributed by atoms with van der Waals surface area (Å²) in [4.78, 5) is 13.5. The summed E-state index contributed by atoms with van der Waals surface area (Å²) in [5.74, 6) is -0.964. The van der Waals surface area contributed by atoms with Crippen LogP contribution in [0.25, 0.3) is 0 Å². The lowest BCUT2D eigenvalue weighted by molar-refractivity contribution is 0.0959. The van der Waals surface area contributed by atoms with E-state index in [0.29, 0.717) is 13.0 Å². The Kier molecular flexibility index (Phi) is 4.53. The standard InChI is InChI=1S/C14H17FN4O/c1-17-14(20)12-3-2-11(8-13(12)15)19-7-6-18-10(9-19)4-5-16/h2-3,8,10,18H,4,6-7,9H2,1H3,(H,17,20). The number of hydrogen-bond acceptors (Lipinski definition) is 4. The van der Waals surface area contributed by atoms with Gasteiger partial charge in [0.25, 0.3) is 5.91 Å². The van der Waals surface area contributed by atoms with Crippen molar-refractivity contribution in [1.29, 1.82) is 5.26 Å². The molecule has 1 heterocycles. The molecule has 106 valence electrons. The minimum absolute atomic E-state index is 0.0416. The minimum Gasteiger partial charge on any atom is -0.369 e. The van der Waals surface area contributed by atoms with Gasteiger partial charge >= 0.3 is 0 Å². The molecule has 1 atom stereocenters. The normalized spacial score (nSPS) is 18.4. The predicted octanol–water partition coefficient (Wildman–Crippen LogP) is 0.877. The molecule has 1 fully saturated rings. The average molecular weight is 276 g/mol. The van der Waals surface area contributed by atoms with Crippen molar-refractivity contribution in [3.8, 4) is 6.07 Å². The van der Waals surface area contributed by atoms with Crippen LogP contribution in [0.1, 0.15) is 16.8 Å². The van der Waals surface area contributed by atoms with E-state index in [9.17, 15) is 9.18 Å². The van der Waals surface area contributed by atoms with Gasteiger partial charge < -0.3 is 15.5 Å². The number of nitrogens with zero attached hydrogens (tertiary/aromatic N) is 2. The predicted molar refractivity (Wildman–Crippen MR) is 74.0 cm³/mol. The molecule has 1 aromatic rings. The second kappa shape index (κ2) is 6.35. The van der Waals surface area contributed by atoms with Gasteiger partial charge in [-0.15, -0.1) is 0 Å². The molecule has 2 rings (SSSR count). The van der Waals surface area contributed by atoms with Crippen LogP contribution in [0, 0.1) is 17.1 Å². The summed E-state index contributed by atoms with van der Waals surface area (Å²) >= 11 is 0. The number of nitrogens with one attached hydrogen (secondary N) is 2. The number of nitriles is 1. The van der Waals surface area contributed by atoms with Gasteiger partial charge in [0.1, 0.15) is 5.82 Å². The van der Waals surface area contributed by atoms with Gasteiger partial charge in [-0.2, -0.15) is 5.26 Å². The number of hydrogen-bond donors (Lipinski definition) is 2. The molecular weight excluding hydrogens is 259 g/mol. The van der Waals surface area contributed by atoms with Crippen LogP contribution in [0.2, 0.25) is 0 Å². The number of anilines is 1. The second-order valence-corrected chi connectivity index (χ2v) is 4.70. The Morgan fingerprint density at radius 3 is 3.10 bits per heavy atom. The molecule has 0 radical (unpaired) electrons. The highest BCUT2D eigenvalue weighted by atomic mass is 19.1. The molecule has 1 amide bonds. The van der Waals surface area contributed by atoms with Gasteiger partial charge in [0.2, 0.25) is 0 Å². The smallest absolute Gasteiger partial charge is 0.253 e. The number of rotatable bonds is 3. The summed E-state index contributed by atoms with van der Waals surface area (Å²) in [6.07, 6.45) is 0.426. The first-order valence-electron chi connectivity index (χ1n) is 6.52. The third kappa shape index (κ3) is 3.06. The van der Waals surface area contributed by atoms with E-state index in [4.69, 9.17) is 5.26 Å². The fourth-order valence-corrected chi connectivity index (χ4v) is 2.33. The van der Waals surface area contributed by atoms with Crippen LogP contribution < -0.4 is 15.5 Å². The van der Waals surface area contributed by atoms with Crippen LogP contribution in [-0.2, 0) is 0 Å². The van der Waals surface area contributed by atoms with Crippen molar-refractivity contribution in [3.05, 3.63) is 29.6 Å². The zero-order chi connectivity index (χ0) is 14.5. The maximum atomic E-state index is 13.9. The molecule has 1 aromatic carbocycles. The van der Waals surface area contributed by atoms with Crippen LogP contribution in [0.4, 0.5) is 10.1 Å². The summed E-state index contributed by atoms with van der Waals surface area (Å²) in [6.45, 7) is 2.16. The molecule has 5 nitrogen and oxygen atoms in total. The Bertz CT molecular complexity index is 540. The fourth-order valence-electron chi connectivity index (χ4n) is 2.33. The van der Waals surface area contributed by atoms with E-state index in [1.807, 2.05) is 4.90 Å². The van der Waals surface area contributed by atoms with E-state index in [2.05, 4.69) is 16.7 Å². The molecule has 6 heteroatoms.